The van der Waals surface area contributed by atoms with Crippen LogP contribution in [-0.4, -0.2) is 315 Å². The summed E-state index contributed by atoms with van der Waals surface area (Å²) in [6, 6.07) is 0. The summed E-state index contributed by atoms with van der Waals surface area (Å²) < 4.78 is 125. The van der Waals surface area contributed by atoms with E-state index in [1.54, 1.807) is 0 Å². The molecule has 75 heavy (non-hydrogen) atoms. The highest BCUT2D eigenvalue weighted by molar-refractivity contribution is 5.81. The quantitative estimate of drug-likeness (QED) is 0.0287. The van der Waals surface area contributed by atoms with Crippen molar-refractivity contribution in [3.05, 3.63) is 12.7 Å². The van der Waals surface area contributed by atoms with Crippen molar-refractivity contribution in [1.29, 1.82) is 0 Å². The van der Waals surface area contributed by atoms with Gasteiger partial charge < -0.3 is 109 Å². The molecule has 0 rings (SSSR count). The molecule has 0 aromatic heterocycles. The summed E-state index contributed by atoms with van der Waals surface area (Å²) in [4.78, 5) is 14.8. The van der Waals surface area contributed by atoms with Crippen LogP contribution in [0.4, 0.5) is 0 Å². The van der Waals surface area contributed by atoms with E-state index in [9.17, 15) is 4.79 Å². The molecule has 0 aliphatic carbocycles. The first kappa shape index (κ1) is 73.2. The predicted molar refractivity (Wildman–Crippen MR) is 268 cm³/mol. The molecule has 448 valence electrons. The largest absolute Gasteiger partial charge is 0.460 e. The number of hydrogen-bond donors (Lipinski definition) is 1. The lowest BCUT2D eigenvalue weighted by Crippen LogP contribution is -2.16. The topological polar surface area (TPSA) is 259 Å². The van der Waals surface area contributed by atoms with E-state index in [0.717, 1.165) is 6.08 Å². The van der Waals surface area contributed by atoms with E-state index in [1.807, 2.05) is 0 Å². The molecular formula is C49H96O26. The van der Waals surface area contributed by atoms with Crippen molar-refractivity contribution in [2.45, 2.75) is 0 Å². The van der Waals surface area contributed by atoms with Gasteiger partial charge in [0, 0.05) is 6.08 Å². The van der Waals surface area contributed by atoms with Crippen LogP contribution in [0.1, 0.15) is 0 Å². The van der Waals surface area contributed by atoms with E-state index in [-0.39, 0.29) is 13.2 Å². The number of esters is 1. The fourth-order valence-corrected chi connectivity index (χ4v) is 5.08. The molecule has 0 aromatic rings. The SMILES string of the molecule is C=CC(=O)OCCOCCOCCOCCOCCOCCOCCOCCOCCOCCOCCOCCOCCOCCOCCOCCOCCOCCOCCOCCOCCOCCOCCOO. The maximum Gasteiger partial charge on any atom is 0.330 e. The minimum absolute atomic E-state index is 0.142. The van der Waals surface area contributed by atoms with Crippen molar-refractivity contribution in [1.82, 2.24) is 0 Å². The minimum atomic E-state index is -0.465. The second kappa shape index (κ2) is 70.3. The van der Waals surface area contributed by atoms with Gasteiger partial charge in [-0.3, -0.25) is 5.26 Å². The Morgan fingerprint density at radius 2 is 0.320 bits per heavy atom. The van der Waals surface area contributed by atoms with Crippen LogP contribution in [0.25, 0.3) is 0 Å². The van der Waals surface area contributed by atoms with Crippen LogP contribution in [0, 0.1) is 0 Å². The van der Waals surface area contributed by atoms with E-state index in [2.05, 4.69) is 11.5 Å². The molecule has 1 N–H and O–H groups in total. The molecule has 26 heteroatoms. The number of hydrogen-bond acceptors (Lipinski definition) is 26. The Balaban J connectivity index is 3.08. The molecule has 0 atom stereocenters. The van der Waals surface area contributed by atoms with Gasteiger partial charge in [-0.05, 0) is 0 Å². The maximum atomic E-state index is 10.9. The minimum Gasteiger partial charge on any atom is -0.460 e. The normalized spacial score (nSPS) is 11.6. The van der Waals surface area contributed by atoms with Crippen molar-refractivity contribution in [3.8, 4) is 0 Å². The Morgan fingerprint density at radius 1 is 0.213 bits per heavy atom. The van der Waals surface area contributed by atoms with Gasteiger partial charge in [-0.1, -0.05) is 6.58 Å². The van der Waals surface area contributed by atoms with Crippen LogP contribution in [0.2, 0.25) is 0 Å². The molecule has 0 aliphatic rings. The number of carbonyl (C=O) groups excluding carboxylic acids is 1. The molecule has 0 bridgehead atoms. The van der Waals surface area contributed by atoms with Gasteiger partial charge in [0.15, 0.2) is 0 Å². The first-order valence-electron chi connectivity index (χ1n) is 26.1. The summed E-state index contributed by atoms with van der Waals surface area (Å²) in [5, 5.41) is 8.17. The monoisotopic (exact) mass is 1100 g/mol. The summed E-state index contributed by atoms with van der Waals surface area (Å²) in [5.74, 6) is -0.465. The zero-order valence-electron chi connectivity index (χ0n) is 45.0. The Kier molecular flexibility index (Phi) is 68.6. The van der Waals surface area contributed by atoms with Crippen LogP contribution in [-0.2, 0) is 119 Å². The van der Waals surface area contributed by atoms with Gasteiger partial charge in [-0.2, -0.15) is 0 Å². The highest BCUT2D eigenvalue weighted by Crippen LogP contribution is 1.91. The molecule has 0 saturated carbocycles. The zero-order valence-corrected chi connectivity index (χ0v) is 45.0. The maximum absolute atomic E-state index is 10.9. The standard InChI is InChI=1S/C49H96O26/c1-2-49(50)74-47-45-72-43-41-70-39-37-68-35-33-66-31-29-64-27-25-62-23-21-60-19-17-58-15-13-56-11-9-54-7-5-52-3-4-53-6-8-55-10-12-57-14-16-59-18-20-61-22-24-63-26-28-65-30-32-67-34-36-69-38-40-71-42-44-73-46-48-75-51/h2,51H,1,3-48H2. The Bertz CT molecular complexity index is 1060. The third-order valence-electron chi connectivity index (χ3n) is 8.77. The predicted octanol–water partition coefficient (Wildman–Crippen LogP) is 0.570. The summed E-state index contributed by atoms with van der Waals surface area (Å²) in [6.45, 7) is 24.3. The van der Waals surface area contributed by atoms with Crippen molar-refractivity contribution in [2.75, 3.05) is 304 Å². The van der Waals surface area contributed by atoms with Gasteiger partial charge in [0.2, 0.25) is 0 Å². The fraction of sp³-hybridized carbons (Fsp3) is 0.939. The molecule has 0 aromatic carbocycles. The molecule has 0 unspecified atom stereocenters. The first-order valence-corrected chi connectivity index (χ1v) is 26.1. The van der Waals surface area contributed by atoms with Crippen LogP contribution in [0.15, 0.2) is 12.7 Å². The third kappa shape index (κ3) is 70.2. The van der Waals surface area contributed by atoms with Crippen LogP contribution in [0.3, 0.4) is 0 Å². The van der Waals surface area contributed by atoms with E-state index in [4.69, 9.17) is 114 Å². The molecule has 0 heterocycles. The van der Waals surface area contributed by atoms with Crippen molar-refractivity contribution >= 4 is 5.97 Å². The average Bonchev–Trinajstić information content (AvgIpc) is 3.42. The summed E-state index contributed by atoms with van der Waals surface area (Å²) in [7, 11) is 0. The second-order valence-corrected chi connectivity index (χ2v) is 14.7. The van der Waals surface area contributed by atoms with Gasteiger partial charge in [-0.25, -0.2) is 9.68 Å². The van der Waals surface area contributed by atoms with Gasteiger partial charge in [0.1, 0.15) is 13.2 Å². The van der Waals surface area contributed by atoms with Crippen molar-refractivity contribution in [3.63, 3.8) is 0 Å². The molecular weight excluding hydrogens is 1000 g/mol. The lowest BCUT2D eigenvalue weighted by molar-refractivity contribution is -0.249. The highest BCUT2D eigenvalue weighted by Gasteiger charge is 2.00. The van der Waals surface area contributed by atoms with Crippen LogP contribution in [0.5, 0.6) is 0 Å². The molecule has 0 amide bonds. The van der Waals surface area contributed by atoms with Crippen LogP contribution >= 0.6 is 0 Å². The van der Waals surface area contributed by atoms with Crippen molar-refractivity contribution < 1.29 is 124 Å². The number of carbonyl (C=O) groups is 1. The van der Waals surface area contributed by atoms with E-state index >= 15 is 0 Å². The fourth-order valence-electron chi connectivity index (χ4n) is 5.08. The lowest BCUT2D eigenvalue weighted by atomic mass is 10.6. The van der Waals surface area contributed by atoms with E-state index in [1.165, 1.54) is 0 Å². The Hall–Kier alpha value is -1.75. The average molecular weight is 1100 g/mol. The molecule has 0 aliphatic heterocycles. The second-order valence-electron chi connectivity index (χ2n) is 14.7. The molecule has 26 nitrogen and oxygen atoms in total. The highest BCUT2D eigenvalue weighted by atomic mass is 17.1. The number of rotatable bonds is 70. The zero-order chi connectivity index (χ0) is 53.8. The molecule has 0 spiro atoms. The Morgan fingerprint density at radius 3 is 0.427 bits per heavy atom. The lowest BCUT2D eigenvalue weighted by Gasteiger charge is -2.09. The van der Waals surface area contributed by atoms with Gasteiger partial charge in [0.25, 0.3) is 0 Å². The van der Waals surface area contributed by atoms with Gasteiger partial charge >= 0.3 is 5.97 Å². The Labute approximate surface area is 445 Å². The molecule has 0 fully saturated rings. The van der Waals surface area contributed by atoms with E-state index in [0.29, 0.717) is 291 Å². The summed E-state index contributed by atoms with van der Waals surface area (Å²) >= 11 is 0. The van der Waals surface area contributed by atoms with Gasteiger partial charge in [0.05, 0.1) is 291 Å². The first-order chi connectivity index (χ1) is 37.3. The summed E-state index contributed by atoms with van der Waals surface area (Å²) in [5.41, 5.74) is 0. The number of ether oxygens (including phenoxy) is 23. The molecule has 0 saturated heterocycles. The van der Waals surface area contributed by atoms with Crippen LogP contribution < -0.4 is 0 Å². The summed E-state index contributed by atoms with van der Waals surface area (Å²) in [6.07, 6.45) is 1.11. The third-order valence-corrected chi connectivity index (χ3v) is 8.77. The molecule has 0 radical (unpaired) electrons. The van der Waals surface area contributed by atoms with Crippen molar-refractivity contribution in [2.24, 2.45) is 0 Å². The van der Waals surface area contributed by atoms with Gasteiger partial charge in [-0.15, -0.1) is 0 Å². The van der Waals surface area contributed by atoms with E-state index < -0.39 is 5.97 Å². The smallest absolute Gasteiger partial charge is 0.330 e.